The number of piperazine rings is 1. The maximum absolute atomic E-state index is 8.84. The molecule has 1 atom stereocenters. The average molecular weight is 328 g/mol. The first-order valence-corrected chi connectivity index (χ1v) is 9.23. The zero-order chi connectivity index (χ0) is 17.9. The molecule has 1 saturated heterocycles. The molecule has 1 unspecified atom stereocenters. The maximum Gasteiger partial charge on any atom is 0.0991 e. The molecule has 2 aliphatic rings. The van der Waals surface area contributed by atoms with E-state index in [0.29, 0.717) is 6.04 Å². The standard InChI is InChI=1S/C17H23N3.C2H6.C2H4/c1-14-12-20(17-3-2-4-17)10-9-19(14)13-16-7-5-15(11-18)6-8-16;2*1-2/h5-8,14,17H,2-4,9-10,12-13H2,1H3;1-2H3;1-2H2. The fourth-order valence-corrected chi connectivity index (χ4v) is 3.26. The highest BCUT2D eigenvalue weighted by Gasteiger charge is 2.31. The fraction of sp³-hybridized carbons (Fsp3) is 0.571. The molecule has 1 aromatic rings. The Balaban J connectivity index is 0.000000671. The van der Waals surface area contributed by atoms with Crippen LogP contribution in [0, 0.1) is 11.3 Å². The first kappa shape index (κ1) is 20.4. The van der Waals surface area contributed by atoms with Crippen molar-refractivity contribution < 1.29 is 0 Å². The Labute approximate surface area is 148 Å². The van der Waals surface area contributed by atoms with E-state index in [1.807, 2.05) is 26.0 Å². The summed E-state index contributed by atoms with van der Waals surface area (Å²) >= 11 is 0. The second-order valence-electron chi connectivity index (χ2n) is 6.21. The molecule has 3 nitrogen and oxygen atoms in total. The molecule has 3 rings (SSSR count). The molecule has 0 N–H and O–H groups in total. The molecular weight excluding hydrogens is 294 g/mol. The Morgan fingerprint density at radius 1 is 1.12 bits per heavy atom. The van der Waals surface area contributed by atoms with Crippen molar-refractivity contribution in [2.45, 2.75) is 58.7 Å². The number of benzene rings is 1. The number of rotatable bonds is 3. The van der Waals surface area contributed by atoms with Gasteiger partial charge in [0.25, 0.3) is 0 Å². The molecule has 132 valence electrons. The summed E-state index contributed by atoms with van der Waals surface area (Å²) in [5, 5.41) is 8.84. The normalized spacial score (nSPS) is 21.3. The minimum atomic E-state index is 0.625. The van der Waals surface area contributed by atoms with Crippen molar-refractivity contribution in [1.29, 1.82) is 5.26 Å². The van der Waals surface area contributed by atoms with Crippen LogP contribution in [-0.2, 0) is 6.54 Å². The van der Waals surface area contributed by atoms with Crippen molar-refractivity contribution in [1.82, 2.24) is 9.80 Å². The summed E-state index contributed by atoms with van der Waals surface area (Å²) in [5.41, 5.74) is 2.06. The monoisotopic (exact) mass is 327 g/mol. The van der Waals surface area contributed by atoms with Crippen LogP contribution in [0.5, 0.6) is 0 Å². The second-order valence-corrected chi connectivity index (χ2v) is 6.21. The molecule has 0 bridgehead atoms. The summed E-state index contributed by atoms with van der Waals surface area (Å²) < 4.78 is 0. The van der Waals surface area contributed by atoms with Crippen LogP contribution in [0.15, 0.2) is 37.4 Å². The van der Waals surface area contributed by atoms with E-state index in [4.69, 9.17) is 5.26 Å². The largest absolute Gasteiger partial charge is 0.298 e. The Bertz CT molecular complexity index is 499. The van der Waals surface area contributed by atoms with Crippen LogP contribution >= 0.6 is 0 Å². The molecular formula is C21H33N3. The van der Waals surface area contributed by atoms with Crippen molar-refractivity contribution in [2.24, 2.45) is 0 Å². The lowest BCUT2D eigenvalue weighted by molar-refractivity contribution is 0.0261. The van der Waals surface area contributed by atoms with E-state index in [1.165, 1.54) is 37.9 Å². The molecule has 1 saturated carbocycles. The molecule has 0 aromatic heterocycles. The van der Waals surface area contributed by atoms with Gasteiger partial charge in [0.2, 0.25) is 0 Å². The third kappa shape index (κ3) is 5.47. The molecule has 1 aliphatic heterocycles. The molecule has 1 aliphatic carbocycles. The quantitative estimate of drug-likeness (QED) is 0.769. The SMILES string of the molecule is C=C.CC.CC1CN(C2CCC2)CCN1Cc1ccc(C#N)cc1. The van der Waals surface area contributed by atoms with E-state index in [2.05, 4.69) is 48.1 Å². The first-order valence-electron chi connectivity index (χ1n) is 9.23. The van der Waals surface area contributed by atoms with Crippen LogP contribution in [0.25, 0.3) is 0 Å². The lowest BCUT2D eigenvalue weighted by atomic mass is 9.90. The predicted octanol–water partition coefficient (Wildman–Crippen LogP) is 4.45. The van der Waals surface area contributed by atoms with E-state index in [-0.39, 0.29) is 0 Å². The zero-order valence-corrected chi connectivity index (χ0v) is 15.7. The van der Waals surface area contributed by atoms with Crippen LogP contribution in [0.1, 0.15) is 51.2 Å². The van der Waals surface area contributed by atoms with Gasteiger partial charge in [0.15, 0.2) is 0 Å². The van der Waals surface area contributed by atoms with Crippen molar-refractivity contribution in [3.63, 3.8) is 0 Å². The number of hydrogen-bond acceptors (Lipinski definition) is 3. The lowest BCUT2D eigenvalue weighted by Gasteiger charge is -2.46. The molecule has 1 heterocycles. The molecule has 24 heavy (non-hydrogen) atoms. The molecule has 0 radical (unpaired) electrons. The number of nitriles is 1. The highest BCUT2D eigenvalue weighted by molar-refractivity contribution is 5.31. The zero-order valence-electron chi connectivity index (χ0n) is 15.7. The predicted molar refractivity (Wildman–Crippen MR) is 103 cm³/mol. The Morgan fingerprint density at radius 3 is 2.21 bits per heavy atom. The van der Waals surface area contributed by atoms with Gasteiger partial charge >= 0.3 is 0 Å². The molecule has 0 spiro atoms. The van der Waals surface area contributed by atoms with Gasteiger partial charge in [0, 0.05) is 38.3 Å². The van der Waals surface area contributed by atoms with Crippen LogP contribution < -0.4 is 0 Å². The highest BCUT2D eigenvalue weighted by atomic mass is 15.3. The van der Waals surface area contributed by atoms with E-state index in [0.717, 1.165) is 24.7 Å². The maximum atomic E-state index is 8.84. The van der Waals surface area contributed by atoms with Crippen LogP contribution in [-0.4, -0.2) is 41.5 Å². The second kappa shape index (κ2) is 11.0. The number of nitrogens with zero attached hydrogens (tertiary/aromatic N) is 3. The summed E-state index contributed by atoms with van der Waals surface area (Å²) in [5.74, 6) is 0. The molecule has 1 aromatic carbocycles. The third-order valence-corrected chi connectivity index (χ3v) is 4.86. The van der Waals surface area contributed by atoms with Crippen molar-refractivity contribution in [2.75, 3.05) is 19.6 Å². The van der Waals surface area contributed by atoms with Crippen molar-refractivity contribution in [3.05, 3.63) is 48.6 Å². The summed E-state index contributed by atoms with van der Waals surface area (Å²) in [7, 11) is 0. The van der Waals surface area contributed by atoms with Crippen LogP contribution in [0.3, 0.4) is 0 Å². The van der Waals surface area contributed by atoms with E-state index in [1.54, 1.807) is 0 Å². The Morgan fingerprint density at radius 2 is 1.75 bits per heavy atom. The van der Waals surface area contributed by atoms with E-state index < -0.39 is 0 Å². The average Bonchev–Trinajstić information content (AvgIpc) is 2.60. The van der Waals surface area contributed by atoms with Gasteiger partial charge in [0.1, 0.15) is 0 Å². The van der Waals surface area contributed by atoms with Gasteiger partial charge in [-0.3, -0.25) is 9.80 Å². The molecule has 3 heteroatoms. The first-order chi connectivity index (χ1) is 11.8. The Kier molecular flexibility index (Phi) is 9.37. The van der Waals surface area contributed by atoms with Gasteiger partial charge in [-0.1, -0.05) is 32.4 Å². The summed E-state index contributed by atoms with van der Waals surface area (Å²) in [6, 6.07) is 11.7. The van der Waals surface area contributed by atoms with Gasteiger partial charge in [0.05, 0.1) is 11.6 Å². The van der Waals surface area contributed by atoms with E-state index >= 15 is 0 Å². The van der Waals surface area contributed by atoms with Crippen LogP contribution in [0.2, 0.25) is 0 Å². The summed E-state index contributed by atoms with van der Waals surface area (Å²) in [6.07, 6.45) is 4.23. The van der Waals surface area contributed by atoms with Gasteiger partial charge in [-0.05, 0) is 37.5 Å². The van der Waals surface area contributed by atoms with Crippen molar-refractivity contribution in [3.8, 4) is 6.07 Å². The van der Waals surface area contributed by atoms with E-state index in [9.17, 15) is 0 Å². The third-order valence-electron chi connectivity index (χ3n) is 4.86. The van der Waals surface area contributed by atoms with Gasteiger partial charge in [-0.15, -0.1) is 13.2 Å². The van der Waals surface area contributed by atoms with Gasteiger partial charge in [-0.25, -0.2) is 0 Å². The van der Waals surface area contributed by atoms with Crippen LogP contribution in [0.4, 0.5) is 0 Å². The number of hydrogen-bond donors (Lipinski definition) is 0. The van der Waals surface area contributed by atoms with Crippen molar-refractivity contribution >= 4 is 0 Å². The molecule has 2 fully saturated rings. The fourth-order valence-electron chi connectivity index (χ4n) is 3.26. The smallest absolute Gasteiger partial charge is 0.0991 e. The summed E-state index contributed by atoms with van der Waals surface area (Å²) in [6.45, 7) is 16.9. The van der Waals surface area contributed by atoms with Gasteiger partial charge in [-0.2, -0.15) is 5.26 Å². The highest BCUT2D eigenvalue weighted by Crippen LogP contribution is 2.27. The Hall–Kier alpha value is -1.63. The lowest BCUT2D eigenvalue weighted by Crippen LogP contribution is -2.55. The molecule has 0 amide bonds. The minimum Gasteiger partial charge on any atom is -0.298 e. The minimum absolute atomic E-state index is 0.625. The topological polar surface area (TPSA) is 30.3 Å². The van der Waals surface area contributed by atoms with Gasteiger partial charge < -0.3 is 0 Å². The summed E-state index contributed by atoms with van der Waals surface area (Å²) in [4.78, 5) is 5.25.